The average molecular weight is 374 g/mol. The maximum atomic E-state index is 5.82. The zero-order valence-corrected chi connectivity index (χ0v) is 15.6. The predicted molar refractivity (Wildman–Crippen MR) is 78.3 cm³/mol. The van der Waals surface area contributed by atoms with Gasteiger partial charge in [0.05, 0.1) is 0 Å². The molecule has 0 spiro atoms. The van der Waals surface area contributed by atoms with Crippen molar-refractivity contribution in [2.75, 3.05) is 6.61 Å². The first-order chi connectivity index (χ1) is 8.79. The number of halogens is 1. The summed E-state index contributed by atoms with van der Waals surface area (Å²) in [5.74, 6) is 1.66. The van der Waals surface area contributed by atoms with Gasteiger partial charge in [0.15, 0.2) is 0 Å². The van der Waals surface area contributed by atoms with Crippen LogP contribution in [-0.2, 0) is 24.9 Å². The van der Waals surface area contributed by atoms with Crippen LogP contribution in [0.5, 0.6) is 11.5 Å². The van der Waals surface area contributed by atoms with E-state index in [0.29, 0.717) is 13.2 Å². The predicted octanol–water partition coefficient (Wildman–Crippen LogP) is 3.41. The minimum atomic E-state index is 0. The molecule has 2 aromatic carbocycles. The van der Waals surface area contributed by atoms with Gasteiger partial charge in [-0.1, -0.05) is 0 Å². The van der Waals surface area contributed by atoms with E-state index in [4.69, 9.17) is 9.47 Å². The Bertz CT molecular complexity index is 503. The van der Waals surface area contributed by atoms with Crippen molar-refractivity contribution in [1.29, 1.82) is 0 Å². The van der Waals surface area contributed by atoms with Crippen LogP contribution in [0.1, 0.15) is 12.5 Å². The third kappa shape index (κ3) is 4.96. The van der Waals surface area contributed by atoms with Crippen LogP contribution in [0.15, 0.2) is 48.5 Å². The first kappa shape index (κ1) is 16.2. The number of rotatable bonds is 5. The molecule has 0 heterocycles. The van der Waals surface area contributed by atoms with Crippen molar-refractivity contribution >= 4 is 21.1 Å². The van der Waals surface area contributed by atoms with Crippen molar-refractivity contribution < 1.29 is 27.8 Å². The van der Waals surface area contributed by atoms with Crippen molar-refractivity contribution in [2.24, 2.45) is 0 Å². The Hall–Kier alpha value is -0.857. The molecule has 2 aromatic rings. The van der Waals surface area contributed by atoms with Crippen LogP contribution in [0.25, 0.3) is 0 Å². The summed E-state index contributed by atoms with van der Waals surface area (Å²) in [6, 6.07) is 16.3. The zero-order chi connectivity index (χ0) is 12.8. The van der Waals surface area contributed by atoms with Crippen molar-refractivity contribution in [2.45, 2.75) is 13.5 Å². The van der Waals surface area contributed by atoms with E-state index in [1.807, 2.05) is 31.2 Å². The first-order valence-corrected chi connectivity index (χ1v) is 7.53. The van der Waals surface area contributed by atoms with Crippen LogP contribution in [0.3, 0.4) is 0 Å². The molecule has 0 aliphatic heterocycles. The second-order valence-electron chi connectivity index (χ2n) is 3.99. The molecule has 2 rings (SSSR count). The van der Waals surface area contributed by atoms with Gasteiger partial charge < -0.3 is 0 Å². The van der Waals surface area contributed by atoms with Gasteiger partial charge in [-0.3, -0.25) is 0 Å². The normalized spacial score (nSPS) is 9.63. The van der Waals surface area contributed by atoms with Crippen molar-refractivity contribution in [3.63, 3.8) is 0 Å². The number of benzene rings is 2. The van der Waals surface area contributed by atoms with Gasteiger partial charge in [-0.2, -0.15) is 0 Å². The Morgan fingerprint density at radius 3 is 2.37 bits per heavy atom. The average Bonchev–Trinajstić information content (AvgIpc) is 2.39. The Morgan fingerprint density at radius 1 is 0.947 bits per heavy atom. The summed E-state index contributed by atoms with van der Waals surface area (Å²) in [7, 11) is 0. The molecule has 0 saturated heterocycles. The zero-order valence-electron chi connectivity index (χ0n) is 11.0. The van der Waals surface area contributed by atoms with Gasteiger partial charge >= 0.3 is 118 Å². The third-order valence-corrected chi connectivity index (χ3v) is 3.47. The summed E-state index contributed by atoms with van der Waals surface area (Å²) in [6.45, 7) is 3.21. The number of ether oxygens (including phenoxy) is 2. The molecule has 0 atom stereocenters. The van der Waals surface area contributed by atoms with Gasteiger partial charge in [0.1, 0.15) is 0 Å². The summed E-state index contributed by atoms with van der Waals surface area (Å²) < 4.78 is 12.7. The van der Waals surface area contributed by atoms with Gasteiger partial charge in [-0.05, 0) is 0 Å². The molecule has 4 heteroatoms. The minimum absolute atomic E-state index is 0. The quantitative estimate of drug-likeness (QED) is 0.748. The standard InChI is InChI=1S/C15H15O2.BrH.Zn/c1-2-16-14-10-6-7-11-15(14)17-12-13-8-4-3-5-9-13;;/h3-5,7-11H,2,12H2,1H3;1H;. The van der Waals surface area contributed by atoms with Gasteiger partial charge in [0, 0.05) is 0 Å². The van der Waals surface area contributed by atoms with Gasteiger partial charge in [0.25, 0.3) is 0 Å². The molecule has 0 fully saturated rings. The summed E-state index contributed by atoms with van der Waals surface area (Å²) in [6.07, 6.45) is 0. The van der Waals surface area contributed by atoms with Crippen LogP contribution < -0.4 is 13.6 Å². The van der Waals surface area contributed by atoms with Crippen LogP contribution in [0.2, 0.25) is 0 Å². The van der Waals surface area contributed by atoms with Crippen LogP contribution in [-0.4, -0.2) is 6.61 Å². The maximum absolute atomic E-state index is 5.82. The molecule has 0 radical (unpaired) electrons. The molecule has 97 valence electrons. The van der Waals surface area contributed by atoms with E-state index in [0.717, 1.165) is 35.4 Å². The van der Waals surface area contributed by atoms with Crippen molar-refractivity contribution in [3.05, 3.63) is 54.1 Å². The second kappa shape index (κ2) is 8.34. The van der Waals surface area contributed by atoms with E-state index < -0.39 is 0 Å². The van der Waals surface area contributed by atoms with E-state index in [2.05, 4.69) is 24.3 Å². The fraction of sp³-hybridized carbons (Fsp3) is 0.200. The van der Waals surface area contributed by atoms with Crippen molar-refractivity contribution in [1.82, 2.24) is 0 Å². The van der Waals surface area contributed by atoms with Crippen LogP contribution >= 0.6 is 17.0 Å². The summed E-state index contributed by atoms with van der Waals surface area (Å²) >= 11 is 1.12. The van der Waals surface area contributed by atoms with Gasteiger partial charge in [0.2, 0.25) is 0 Å². The summed E-state index contributed by atoms with van der Waals surface area (Å²) in [5.41, 5.74) is 1.16. The van der Waals surface area contributed by atoms with Crippen LogP contribution in [0, 0.1) is 0 Å². The topological polar surface area (TPSA) is 18.5 Å². The van der Waals surface area contributed by atoms with Crippen LogP contribution in [0.4, 0.5) is 0 Å². The van der Waals surface area contributed by atoms with E-state index in [1.165, 1.54) is 4.16 Å². The molecule has 0 aliphatic carbocycles. The Kier molecular flexibility index (Phi) is 7.11. The molecule has 0 bridgehead atoms. The monoisotopic (exact) mass is 371 g/mol. The third-order valence-electron chi connectivity index (χ3n) is 2.55. The van der Waals surface area contributed by atoms with E-state index in [1.54, 1.807) is 0 Å². The Morgan fingerprint density at radius 2 is 1.68 bits per heavy atom. The van der Waals surface area contributed by atoms with Gasteiger partial charge in [-0.15, -0.1) is 17.0 Å². The molecule has 0 unspecified atom stereocenters. The Balaban J connectivity index is 0.00000180. The molecule has 2 nitrogen and oxygen atoms in total. The fourth-order valence-electron chi connectivity index (χ4n) is 1.68. The summed E-state index contributed by atoms with van der Waals surface area (Å²) in [5, 5.41) is 0. The molecule has 0 aliphatic rings. The van der Waals surface area contributed by atoms with E-state index in [-0.39, 0.29) is 17.0 Å². The molecule has 0 N–H and O–H groups in total. The van der Waals surface area contributed by atoms with Crippen molar-refractivity contribution in [3.8, 4) is 11.5 Å². The van der Waals surface area contributed by atoms with Gasteiger partial charge in [-0.25, -0.2) is 0 Å². The van der Waals surface area contributed by atoms with E-state index in [9.17, 15) is 0 Å². The first-order valence-electron chi connectivity index (χ1n) is 6.05. The SMILES string of the molecule is Br.CCOc1c[c]([Zn])ccc1OCc1ccccc1. The second-order valence-corrected chi connectivity index (χ2v) is 5.70. The Labute approximate surface area is 134 Å². The number of hydrogen-bond acceptors (Lipinski definition) is 2. The summed E-state index contributed by atoms with van der Waals surface area (Å²) in [4.78, 5) is 0. The molecular formula is C15H16BrO2Zn. The molecule has 0 amide bonds. The molecule has 19 heavy (non-hydrogen) atoms. The molecule has 0 saturated carbocycles. The molecule has 0 aromatic heterocycles. The molecular weight excluding hydrogens is 357 g/mol. The number of hydrogen-bond donors (Lipinski definition) is 0. The van der Waals surface area contributed by atoms with E-state index >= 15 is 0 Å². The fourth-order valence-corrected chi connectivity index (χ4v) is 2.31.